The molecule has 45 heavy (non-hydrogen) atoms. The maximum atomic E-state index is 13.5. The quantitative estimate of drug-likeness (QED) is 0.337. The Balaban J connectivity index is 1.38. The normalized spacial score (nSPS) is 18.7. The Morgan fingerprint density at radius 3 is 2.36 bits per heavy atom. The van der Waals surface area contributed by atoms with Crippen molar-refractivity contribution in [2.45, 2.75) is 44.2 Å². The minimum atomic E-state index is -3.82. The summed E-state index contributed by atoms with van der Waals surface area (Å²) in [4.78, 5) is 28.1. The molecular formula is C32H38N4O8S. The number of carbonyl (C=O) groups excluding carboxylic acids is 2. The van der Waals surface area contributed by atoms with Crippen molar-refractivity contribution in [1.82, 2.24) is 9.21 Å². The zero-order valence-electron chi connectivity index (χ0n) is 25.6. The molecule has 0 saturated carbocycles. The molecule has 0 spiro atoms. The van der Waals surface area contributed by atoms with Crippen LogP contribution in [0.2, 0.25) is 0 Å². The van der Waals surface area contributed by atoms with Gasteiger partial charge in [0.05, 0.1) is 30.5 Å². The average Bonchev–Trinajstić information content (AvgIpc) is 3.49. The van der Waals surface area contributed by atoms with E-state index in [4.69, 9.17) is 14.2 Å². The number of amides is 3. The molecule has 2 aliphatic heterocycles. The van der Waals surface area contributed by atoms with Crippen LogP contribution < -0.4 is 24.8 Å². The predicted molar refractivity (Wildman–Crippen MR) is 168 cm³/mol. The number of sulfonamides is 1. The smallest absolute Gasteiger partial charge is 0.323 e. The van der Waals surface area contributed by atoms with E-state index < -0.39 is 28.2 Å². The lowest BCUT2D eigenvalue weighted by Gasteiger charge is -2.33. The molecule has 0 aliphatic carbocycles. The van der Waals surface area contributed by atoms with Crippen molar-refractivity contribution in [3.05, 3.63) is 71.8 Å². The highest BCUT2D eigenvalue weighted by atomic mass is 32.2. The van der Waals surface area contributed by atoms with Crippen LogP contribution in [0.15, 0.2) is 65.6 Å². The van der Waals surface area contributed by atoms with Gasteiger partial charge < -0.3 is 34.9 Å². The Kier molecular flexibility index (Phi) is 9.51. The summed E-state index contributed by atoms with van der Waals surface area (Å²) in [5, 5.41) is 15.5. The molecule has 0 bridgehead atoms. The van der Waals surface area contributed by atoms with E-state index in [1.165, 1.54) is 11.4 Å². The molecule has 3 aromatic carbocycles. The topological polar surface area (TPSA) is 147 Å². The number of nitrogens with one attached hydrogen (secondary N) is 2. The number of carbonyl (C=O) groups is 2. The summed E-state index contributed by atoms with van der Waals surface area (Å²) in [6.07, 6.45) is -0.683. The second-order valence-corrected chi connectivity index (χ2v) is 13.5. The highest BCUT2D eigenvalue weighted by Gasteiger charge is 2.33. The Morgan fingerprint density at radius 1 is 1.02 bits per heavy atom. The molecule has 2 aliphatic rings. The van der Waals surface area contributed by atoms with Crippen molar-refractivity contribution in [2.75, 3.05) is 44.2 Å². The minimum absolute atomic E-state index is 0.0181. The van der Waals surface area contributed by atoms with E-state index in [1.54, 1.807) is 72.5 Å². The van der Waals surface area contributed by atoms with Gasteiger partial charge in [-0.05, 0) is 56.3 Å². The molecule has 0 saturated heterocycles. The average molecular weight is 639 g/mol. The molecule has 2 heterocycles. The number of rotatable bonds is 8. The third kappa shape index (κ3) is 7.32. The third-order valence-corrected chi connectivity index (χ3v) is 9.81. The Hall–Kier alpha value is -4.33. The van der Waals surface area contributed by atoms with Gasteiger partial charge in [-0.25, -0.2) is 13.2 Å². The van der Waals surface area contributed by atoms with Crippen molar-refractivity contribution >= 4 is 33.3 Å². The molecular weight excluding hydrogens is 600 g/mol. The second kappa shape index (κ2) is 13.3. The monoisotopic (exact) mass is 638 g/mol. The van der Waals surface area contributed by atoms with Crippen molar-refractivity contribution in [3.8, 4) is 17.2 Å². The number of hydrogen-bond acceptors (Lipinski definition) is 8. The van der Waals surface area contributed by atoms with Crippen LogP contribution >= 0.6 is 0 Å². The highest BCUT2D eigenvalue weighted by Crippen LogP contribution is 2.34. The minimum Gasteiger partial charge on any atom is -0.488 e. The molecule has 13 heteroatoms. The number of anilines is 2. The highest BCUT2D eigenvalue weighted by molar-refractivity contribution is 7.89. The van der Waals surface area contributed by atoms with Crippen LogP contribution in [0.1, 0.15) is 25.0 Å². The summed E-state index contributed by atoms with van der Waals surface area (Å²) in [7, 11) is -2.31. The van der Waals surface area contributed by atoms with Crippen LogP contribution in [0.25, 0.3) is 0 Å². The predicted octanol–water partition coefficient (Wildman–Crippen LogP) is 3.84. The standard InChI is InChI=1S/C32H38N4O8S/c1-20-5-9-26(10-6-20)45(40,41)35(4)17-30-21(2)16-36(22(3)18-37)31(38)14-23-13-24(7-11-27(23)44-30)33-32(39)34-25-8-12-28-29(15-25)43-19-42-28/h5-13,15,21-22,30,37H,14,16-19H2,1-4H3,(H2,33,34,39)/t21-,22+,30-/m1/s1. The van der Waals surface area contributed by atoms with E-state index in [0.29, 0.717) is 34.2 Å². The third-order valence-electron chi connectivity index (χ3n) is 7.97. The Morgan fingerprint density at radius 2 is 1.67 bits per heavy atom. The van der Waals surface area contributed by atoms with Crippen molar-refractivity contribution in [2.24, 2.45) is 5.92 Å². The Labute approximate surface area is 262 Å². The van der Waals surface area contributed by atoms with Gasteiger partial charge in [0.25, 0.3) is 0 Å². The van der Waals surface area contributed by atoms with Gasteiger partial charge in [0.2, 0.25) is 22.7 Å². The first-order chi connectivity index (χ1) is 21.4. The molecule has 0 fully saturated rings. The zero-order valence-corrected chi connectivity index (χ0v) is 26.5. The molecule has 0 aromatic heterocycles. The number of urea groups is 1. The molecule has 12 nitrogen and oxygen atoms in total. The number of fused-ring (bicyclic) bond motifs is 2. The van der Waals surface area contributed by atoms with E-state index in [1.807, 2.05) is 13.8 Å². The number of likely N-dealkylation sites (N-methyl/N-ethyl adjacent to an activating group) is 1. The molecule has 3 N–H and O–H groups in total. The maximum Gasteiger partial charge on any atom is 0.323 e. The van der Waals surface area contributed by atoms with Crippen LogP contribution in [0.5, 0.6) is 17.2 Å². The van der Waals surface area contributed by atoms with E-state index in [9.17, 15) is 23.1 Å². The number of aliphatic hydroxyl groups is 1. The Bertz CT molecular complexity index is 1660. The molecule has 3 amide bonds. The lowest BCUT2D eigenvalue weighted by molar-refractivity contribution is -0.134. The number of nitrogens with zero attached hydrogens (tertiary/aromatic N) is 2. The largest absolute Gasteiger partial charge is 0.488 e. The SMILES string of the molecule is Cc1ccc(S(=O)(=O)N(C)C[C@H]2Oc3ccc(NC(=O)Nc4ccc5c(c4)OCO5)cc3CC(=O)N([C@@H](C)CO)C[C@H]2C)cc1. The summed E-state index contributed by atoms with van der Waals surface area (Å²) >= 11 is 0. The van der Waals surface area contributed by atoms with Gasteiger partial charge in [0.15, 0.2) is 11.5 Å². The lowest BCUT2D eigenvalue weighted by Crippen LogP contribution is -2.48. The van der Waals surface area contributed by atoms with Gasteiger partial charge in [-0.1, -0.05) is 24.6 Å². The number of aryl methyl sites for hydroxylation is 1. The maximum absolute atomic E-state index is 13.5. The fraction of sp³-hybridized carbons (Fsp3) is 0.375. The molecule has 3 atom stereocenters. The van der Waals surface area contributed by atoms with Gasteiger partial charge in [-0.3, -0.25) is 4.79 Å². The zero-order chi connectivity index (χ0) is 32.3. The van der Waals surface area contributed by atoms with Gasteiger partial charge in [0.1, 0.15) is 11.9 Å². The molecule has 5 rings (SSSR count). The fourth-order valence-corrected chi connectivity index (χ4v) is 6.42. The van der Waals surface area contributed by atoms with E-state index >= 15 is 0 Å². The lowest BCUT2D eigenvalue weighted by atomic mass is 10.0. The number of ether oxygens (including phenoxy) is 3. The van der Waals surface area contributed by atoms with Crippen LogP contribution in [-0.2, 0) is 21.2 Å². The number of benzene rings is 3. The van der Waals surface area contributed by atoms with E-state index in [-0.39, 0.29) is 49.6 Å². The van der Waals surface area contributed by atoms with Gasteiger partial charge in [0, 0.05) is 42.5 Å². The summed E-state index contributed by atoms with van der Waals surface area (Å²) in [6, 6.07) is 15.7. The summed E-state index contributed by atoms with van der Waals surface area (Å²) < 4.78 is 45.2. The van der Waals surface area contributed by atoms with Gasteiger partial charge in [-0.15, -0.1) is 0 Å². The van der Waals surface area contributed by atoms with Crippen molar-refractivity contribution in [1.29, 1.82) is 0 Å². The van der Waals surface area contributed by atoms with Crippen LogP contribution in [0.4, 0.5) is 16.2 Å². The van der Waals surface area contributed by atoms with Gasteiger partial charge in [-0.2, -0.15) is 4.31 Å². The van der Waals surface area contributed by atoms with Crippen molar-refractivity contribution in [3.63, 3.8) is 0 Å². The molecule has 240 valence electrons. The summed E-state index contributed by atoms with van der Waals surface area (Å²) in [5.74, 6) is 1.01. The first kappa shape index (κ1) is 32.1. The molecule has 0 unspecified atom stereocenters. The fourth-order valence-electron chi connectivity index (χ4n) is 5.23. The van der Waals surface area contributed by atoms with E-state index in [2.05, 4.69) is 10.6 Å². The summed E-state index contributed by atoms with van der Waals surface area (Å²) in [6.45, 7) is 5.69. The van der Waals surface area contributed by atoms with Gasteiger partial charge >= 0.3 is 6.03 Å². The number of hydrogen-bond donors (Lipinski definition) is 3. The van der Waals surface area contributed by atoms with Crippen LogP contribution in [0.3, 0.4) is 0 Å². The number of aliphatic hydroxyl groups excluding tert-OH is 1. The van der Waals surface area contributed by atoms with Crippen LogP contribution in [-0.4, -0.2) is 80.4 Å². The van der Waals surface area contributed by atoms with E-state index in [0.717, 1.165) is 5.56 Å². The second-order valence-electron chi connectivity index (χ2n) is 11.5. The first-order valence-corrected chi connectivity index (χ1v) is 16.1. The van der Waals surface area contributed by atoms with Crippen molar-refractivity contribution < 1.29 is 37.3 Å². The molecule has 3 aromatic rings. The summed E-state index contributed by atoms with van der Waals surface area (Å²) in [5.41, 5.74) is 2.39. The van der Waals surface area contributed by atoms with Crippen LogP contribution in [0, 0.1) is 12.8 Å². The molecule has 0 radical (unpaired) electrons. The first-order valence-electron chi connectivity index (χ1n) is 14.6.